The molecule has 4 heterocycles. The lowest BCUT2D eigenvalue weighted by molar-refractivity contribution is 0.194. The summed E-state index contributed by atoms with van der Waals surface area (Å²) in [6.07, 6.45) is 8.39. The average molecular weight is 429 g/mol. The van der Waals surface area contributed by atoms with Gasteiger partial charge in [0.2, 0.25) is 5.88 Å². The van der Waals surface area contributed by atoms with Crippen LogP contribution >= 0.6 is 15.9 Å². The number of ether oxygens (including phenoxy) is 1. The Hall–Kier alpha value is -2.45. The summed E-state index contributed by atoms with van der Waals surface area (Å²) in [6, 6.07) is 6.10. The number of nitrogens with zero attached hydrogens (tertiary/aromatic N) is 4. The molecule has 0 aliphatic carbocycles. The maximum absolute atomic E-state index is 6.02. The van der Waals surface area contributed by atoms with Gasteiger partial charge in [-0.05, 0) is 34.1 Å². The third-order valence-electron chi connectivity index (χ3n) is 4.41. The smallest absolute Gasteiger partial charge is 0.237 e. The van der Waals surface area contributed by atoms with Gasteiger partial charge >= 0.3 is 0 Å². The van der Waals surface area contributed by atoms with Gasteiger partial charge in [0.25, 0.3) is 0 Å². The van der Waals surface area contributed by atoms with Gasteiger partial charge in [0, 0.05) is 66.4 Å². The van der Waals surface area contributed by atoms with Gasteiger partial charge in [0.05, 0.1) is 18.4 Å². The van der Waals surface area contributed by atoms with Gasteiger partial charge in [-0.1, -0.05) is 0 Å². The first-order valence-corrected chi connectivity index (χ1v) is 9.67. The first-order valence-electron chi connectivity index (χ1n) is 8.88. The fourth-order valence-electron chi connectivity index (χ4n) is 2.97. The number of rotatable bonds is 6. The van der Waals surface area contributed by atoms with Crippen LogP contribution in [0, 0.1) is 0 Å². The number of fused-ring (bicyclic) bond motifs is 1. The third-order valence-corrected chi connectivity index (χ3v) is 4.88. The molecule has 0 saturated heterocycles. The molecule has 2 N–H and O–H groups in total. The van der Waals surface area contributed by atoms with Crippen LogP contribution in [-0.2, 0) is 13.5 Å². The zero-order valence-electron chi connectivity index (χ0n) is 15.0. The van der Waals surface area contributed by atoms with Crippen molar-refractivity contribution in [3.05, 3.63) is 53.2 Å². The van der Waals surface area contributed by atoms with Gasteiger partial charge in [-0.3, -0.25) is 9.67 Å². The molecule has 140 valence electrons. The normalized spacial score (nSPS) is 15.7. The number of halogens is 1. The van der Waals surface area contributed by atoms with E-state index in [0.717, 1.165) is 53.0 Å². The highest BCUT2D eigenvalue weighted by atomic mass is 79.9. The highest BCUT2D eigenvalue weighted by molar-refractivity contribution is 9.10. The van der Waals surface area contributed by atoms with Crippen molar-refractivity contribution in [2.24, 2.45) is 7.05 Å². The third kappa shape index (κ3) is 4.45. The first-order chi connectivity index (χ1) is 13.2. The largest absolute Gasteiger partial charge is 0.470 e. The highest BCUT2D eigenvalue weighted by Gasteiger charge is 2.20. The lowest BCUT2D eigenvalue weighted by Crippen LogP contribution is -2.40. The molecular weight excluding hydrogens is 408 g/mol. The summed E-state index contributed by atoms with van der Waals surface area (Å²) >= 11 is 3.40. The summed E-state index contributed by atoms with van der Waals surface area (Å²) in [7, 11) is 1.90. The van der Waals surface area contributed by atoms with Crippen molar-refractivity contribution in [3.63, 3.8) is 0 Å². The van der Waals surface area contributed by atoms with Crippen molar-refractivity contribution in [2.75, 3.05) is 25.0 Å². The minimum absolute atomic E-state index is 0.0483. The van der Waals surface area contributed by atoms with Gasteiger partial charge in [-0.2, -0.15) is 5.10 Å². The van der Waals surface area contributed by atoms with Crippen LogP contribution in [0.3, 0.4) is 0 Å². The van der Waals surface area contributed by atoms with E-state index < -0.39 is 0 Å². The molecule has 7 nitrogen and oxygen atoms in total. The molecule has 27 heavy (non-hydrogen) atoms. The molecule has 3 aromatic rings. The second kappa shape index (κ2) is 8.06. The molecule has 1 unspecified atom stereocenters. The standard InChI is InChI=1S/C19H21BrN6O/c1-26-12-14(8-25-26)13-6-18-19(24-7-13)27-17(11-23-18)10-21-5-4-16-3-2-15(20)9-22-16/h2-3,6-9,12,17,21,23H,4-5,10-11H2,1H3. The van der Waals surface area contributed by atoms with E-state index in [2.05, 4.69) is 47.7 Å². The second-order valence-electron chi connectivity index (χ2n) is 6.52. The Morgan fingerprint density at radius 3 is 2.96 bits per heavy atom. The van der Waals surface area contributed by atoms with Gasteiger partial charge in [0.1, 0.15) is 6.10 Å². The second-order valence-corrected chi connectivity index (χ2v) is 7.44. The summed E-state index contributed by atoms with van der Waals surface area (Å²) < 4.78 is 8.80. The minimum Gasteiger partial charge on any atom is -0.470 e. The molecule has 0 spiro atoms. The van der Waals surface area contributed by atoms with E-state index in [-0.39, 0.29) is 6.10 Å². The molecule has 1 atom stereocenters. The number of aromatic nitrogens is 4. The molecule has 1 aliphatic rings. The quantitative estimate of drug-likeness (QED) is 0.587. The molecule has 8 heteroatoms. The summed E-state index contributed by atoms with van der Waals surface area (Å²) in [5.74, 6) is 0.648. The van der Waals surface area contributed by atoms with Crippen LogP contribution in [0.5, 0.6) is 5.88 Å². The Morgan fingerprint density at radius 2 is 2.19 bits per heavy atom. The Balaban J connectivity index is 1.29. The predicted molar refractivity (Wildman–Crippen MR) is 108 cm³/mol. The van der Waals surface area contributed by atoms with Crippen molar-refractivity contribution in [3.8, 4) is 17.0 Å². The molecule has 0 bridgehead atoms. The fourth-order valence-corrected chi connectivity index (χ4v) is 3.21. The molecule has 1 aliphatic heterocycles. The summed E-state index contributed by atoms with van der Waals surface area (Å²) in [4.78, 5) is 8.86. The van der Waals surface area contributed by atoms with Crippen LogP contribution in [-0.4, -0.2) is 45.5 Å². The van der Waals surface area contributed by atoms with E-state index in [9.17, 15) is 0 Å². The maximum Gasteiger partial charge on any atom is 0.237 e. The minimum atomic E-state index is 0.0483. The van der Waals surface area contributed by atoms with Crippen molar-refractivity contribution in [1.29, 1.82) is 0 Å². The van der Waals surface area contributed by atoms with Gasteiger partial charge in [-0.25, -0.2) is 4.98 Å². The zero-order valence-corrected chi connectivity index (χ0v) is 16.6. The van der Waals surface area contributed by atoms with Crippen LogP contribution in [0.1, 0.15) is 5.69 Å². The van der Waals surface area contributed by atoms with Gasteiger partial charge < -0.3 is 15.4 Å². The lowest BCUT2D eigenvalue weighted by atomic mass is 10.1. The molecule has 0 saturated carbocycles. The summed E-state index contributed by atoms with van der Waals surface area (Å²) in [6.45, 7) is 2.36. The number of hydrogen-bond acceptors (Lipinski definition) is 6. The van der Waals surface area contributed by atoms with Crippen molar-refractivity contribution in [2.45, 2.75) is 12.5 Å². The number of nitrogens with one attached hydrogen (secondary N) is 2. The van der Waals surface area contributed by atoms with Gasteiger partial charge in [0.15, 0.2) is 0 Å². The number of hydrogen-bond donors (Lipinski definition) is 2. The molecule has 0 fully saturated rings. The first kappa shape index (κ1) is 17.9. The molecule has 4 rings (SSSR count). The van der Waals surface area contributed by atoms with Crippen LogP contribution in [0.15, 0.2) is 47.5 Å². The van der Waals surface area contributed by atoms with Crippen molar-refractivity contribution >= 4 is 21.6 Å². The fraction of sp³-hybridized carbons (Fsp3) is 0.316. The Morgan fingerprint density at radius 1 is 1.26 bits per heavy atom. The Labute approximate surface area is 166 Å². The van der Waals surface area contributed by atoms with Gasteiger partial charge in [-0.15, -0.1) is 0 Å². The SMILES string of the molecule is Cn1cc(-c2cnc3c(c2)NCC(CNCCc2ccc(Br)cn2)O3)cn1. The predicted octanol–water partition coefficient (Wildman–Crippen LogP) is 2.64. The van der Waals surface area contributed by atoms with E-state index in [1.807, 2.05) is 44.0 Å². The molecule has 0 radical (unpaired) electrons. The van der Waals surface area contributed by atoms with E-state index in [4.69, 9.17) is 4.74 Å². The van der Waals surface area contributed by atoms with Crippen LogP contribution in [0.4, 0.5) is 5.69 Å². The molecular formula is C19H21BrN6O. The number of pyridine rings is 2. The van der Waals surface area contributed by atoms with E-state index >= 15 is 0 Å². The molecule has 0 aromatic carbocycles. The van der Waals surface area contributed by atoms with E-state index in [1.165, 1.54) is 0 Å². The summed E-state index contributed by atoms with van der Waals surface area (Å²) in [5, 5.41) is 11.1. The highest BCUT2D eigenvalue weighted by Crippen LogP contribution is 2.30. The maximum atomic E-state index is 6.02. The van der Waals surface area contributed by atoms with E-state index in [1.54, 1.807) is 4.68 Å². The van der Waals surface area contributed by atoms with Crippen molar-refractivity contribution in [1.82, 2.24) is 25.1 Å². The monoisotopic (exact) mass is 428 g/mol. The average Bonchev–Trinajstić information content (AvgIpc) is 3.12. The number of anilines is 1. The van der Waals surface area contributed by atoms with E-state index in [0.29, 0.717) is 5.88 Å². The Bertz CT molecular complexity index is 911. The van der Waals surface area contributed by atoms with Crippen LogP contribution < -0.4 is 15.4 Å². The lowest BCUT2D eigenvalue weighted by Gasteiger charge is -2.27. The Kier molecular flexibility index (Phi) is 5.35. The van der Waals surface area contributed by atoms with Crippen LogP contribution in [0.2, 0.25) is 0 Å². The summed E-state index contributed by atoms with van der Waals surface area (Å²) in [5.41, 5.74) is 4.06. The molecule has 3 aromatic heterocycles. The molecule has 0 amide bonds. The van der Waals surface area contributed by atoms with Crippen LogP contribution in [0.25, 0.3) is 11.1 Å². The zero-order chi connectivity index (χ0) is 18.6. The van der Waals surface area contributed by atoms with Crippen molar-refractivity contribution < 1.29 is 4.74 Å². The topological polar surface area (TPSA) is 76.9 Å². The number of aryl methyl sites for hydroxylation is 1.